The van der Waals surface area contributed by atoms with Crippen molar-refractivity contribution in [1.82, 2.24) is 24.6 Å². The number of hydrogen-bond acceptors (Lipinski definition) is 6. The average Bonchev–Trinajstić information content (AvgIpc) is 2.88. The SMILES string of the molecule is CCCc1nnsc1C(O)Cc1cn(C)nn1. The van der Waals surface area contributed by atoms with Crippen LogP contribution in [-0.2, 0) is 19.9 Å². The van der Waals surface area contributed by atoms with Crippen LogP contribution in [0.15, 0.2) is 6.20 Å². The smallest absolute Gasteiger partial charge is 0.0973 e. The molecule has 1 unspecified atom stereocenters. The maximum atomic E-state index is 10.1. The van der Waals surface area contributed by atoms with E-state index < -0.39 is 6.10 Å². The molecule has 0 fully saturated rings. The minimum absolute atomic E-state index is 0.453. The largest absolute Gasteiger partial charge is 0.387 e. The first kappa shape index (κ1) is 12.1. The van der Waals surface area contributed by atoms with E-state index in [1.807, 2.05) is 0 Å². The van der Waals surface area contributed by atoms with E-state index in [9.17, 15) is 5.11 Å². The van der Waals surface area contributed by atoms with Crippen LogP contribution in [0.4, 0.5) is 0 Å². The van der Waals surface area contributed by atoms with Crippen molar-refractivity contribution >= 4 is 11.5 Å². The molecule has 0 amide bonds. The van der Waals surface area contributed by atoms with Gasteiger partial charge in [-0.1, -0.05) is 23.0 Å². The predicted molar refractivity (Wildman–Crippen MR) is 63.6 cm³/mol. The van der Waals surface area contributed by atoms with Gasteiger partial charge in [0.05, 0.1) is 22.4 Å². The highest BCUT2D eigenvalue weighted by molar-refractivity contribution is 7.05. The monoisotopic (exact) mass is 253 g/mol. The third-order valence-corrected chi connectivity index (χ3v) is 3.29. The summed E-state index contributed by atoms with van der Waals surface area (Å²) in [5.41, 5.74) is 1.67. The standard InChI is InChI=1S/C10H15N5OS/c1-3-4-8-10(17-14-12-8)9(16)5-7-6-15(2)13-11-7/h6,9,16H,3-5H2,1-2H3. The fraction of sp³-hybridized carbons (Fsp3) is 0.600. The Morgan fingerprint density at radius 3 is 2.94 bits per heavy atom. The van der Waals surface area contributed by atoms with Crippen LogP contribution in [-0.4, -0.2) is 29.7 Å². The molecule has 92 valence electrons. The highest BCUT2D eigenvalue weighted by Gasteiger charge is 2.18. The summed E-state index contributed by atoms with van der Waals surface area (Å²) in [6.45, 7) is 2.08. The first-order valence-corrected chi connectivity index (χ1v) is 6.32. The Hall–Kier alpha value is -1.34. The Labute approximate surface area is 103 Å². The summed E-state index contributed by atoms with van der Waals surface area (Å²) in [5, 5.41) is 22.0. The zero-order chi connectivity index (χ0) is 12.3. The lowest BCUT2D eigenvalue weighted by molar-refractivity contribution is 0.179. The molecule has 0 aromatic carbocycles. The van der Waals surface area contributed by atoms with Crippen LogP contribution >= 0.6 is 11.5 Å². The molecule has 0 aliphatic carbocycles. The van der Waals surface area contributed by atoms with Crippen molar-refractivity contribution < 1.29 is 5.11 Å². The molecule has 0 aliphatic heterocycles. The molecule has 2 rings (SSSR count). The van der Waals surface area contributed by atoms with Crippen LogP contribution < -0.4 is 0 Å². The highest BCUT2D eigenvalue weighted by Crippen LogP contribution is 2.24. The Bertz CT molecular complexity index is 481. The molecular weight excluding hydrogens is 238 g/mol. The molecule has 0 radical (unpaired) electrons. The van der Waals surface area contributed by atoms with Crippen molar-refractivity contribution in [3.63, 3.8) is 0 Å². The summed E-state index contributed by atoms with van der Waals surface area (Å²) in [7, 11) is 1.81. The van der Waals surface area contributed by atoms with Crippen molar-refractivity contribution in [3.8, 4) is 0 Å². The minimum atomic E-state index is -0.590. The molecule has 0 aliphatic rings. The number of rotatable bonds is 5. The fourth-order valence-electron chi connectivity index (χ4n) is 1.66. The van der Waals surface area contributed by atoms with E-state index in [0.717, 1.165) is 29.1 Å². The van der Waals surface area contributed by atoms with Crippen LogP contribution in [0.2, 0.25) is 0 Å². The van der Waals surface area contributed by atoms with Gasteiger partial charge in [-0.2, -0.15) is 0 Å². The van der Waals surface area contributed by atoms with E-state index in [2.05, 4.69) is 26.8 Å². The van der Waals surface area contributed by atoms with E-state index in [-0.39, 0.29) is 0 Å². The van der Waals surface area contributed by atoms with Gasteiger partial charge in [-0.3, -0.25) is 4.68 Å². The van der Waals surface area contributed by atoms with Gasteiger partial charge in [0, 0.05) is 19.7 Å². The number of aliphatic hydroxyl groups excluding tert-OH is 1. The topological polar surface area (TPSA) is 76.7 Å². The van der Waals surface area contributed by atoms with Gasteiger partial charge in [-0.25, -0.2) is 0 Å². The molecule has 0 spiro atoms. The van der Waals surface area contributed by atoms with Gasteiger partial charge >= 0.3 is 0 Å². The highest BCUT2D eigenvalue weighted by atomic mass is 32.1. The zero-order valence-corrected chi connectivity index (χ0v) is 10.7. The molecule has 1 atom stereocenters. The van der Waals surface area contributed by atoms with Crippen molar-refractivity contribution in [3.05, 3.63) is 22.5 Å². The van der Waals surface area contributed by atoms with E-state index in [1.54, 1.807) is 17.9 Å². The Kier molecular flexibility index (Phi) is 3.80. The summed E-state index contributed by atoms with van der Waals surface area (Å²) in [6.07, 6.45) is 3.51. The molecule has 0 bridgehead atoms. The average molecular weight is 253 g/mol. The van der Waals surface area contributed by atoms with Gasteiger partial charge in [0.2, 0.25) is 0 Å². The molecule has 2 aromatic rings. The van der Waals surface area contributed by atoms with Gasteiger partial charge in [0.25, 0.3) is 0 Å². The molecular formula is C10H15N5OS. The third-order valence-electron chi connectivity index (χ3n) is 2.43. The molecule has 17 heavy (non-hydrogen) atoms. The first-order chi connectivity index (χ1) is 8.20. The fourth-order valence-corrected chi connectivity index (χ4v) is 2.34. The second kappa shape index (κ2) is 5.33. The summed E-state index contributed by atoms with van der Waals surface area (Å²) in [4.78, 5) is 0.845. The number of nitrogens with zero attached hydrogens (tertiary/aromatic N) is 5. The lowest BCUT2D eigenvalue weighted by atomic mass is 10.1. The van der Waals surface area contributed by atoms with Crippen LogP contribution in [0.25, 0.3) is 0 Å². The van der Waals surface area contributed by atoms with Gasteiger partial charge in [0.15, 0.2) is 0 Å². The van der Waals surface area contributed by atoms with E-state index in [0.29, 0.717) is 6.42 Å². The predicted octanol–water partition coefficient (Wildman–Crippen LogP) is 0.895. The normalized spacial score (nSPS) is 12.9. The van der Waals surface area contributed by atoms with Crippen LogP contribution in [0, 0.1) is 0 Å². The first-order valence-electron chi connectivity index (χ1n) is 5.55. The van der Waals surface area contributed by atoms with Gasteiger partial charge in [-0.05, 0) is 18.0 Å². The van der Waals surface area contributed by atoms with Crippen LogP contribution in [0.1, 0.15) is 35.7 Å². The number of hydrogen-bond donors (Lipinski definition) is 1. The summed E-state index contributed by atoms with van der Waals surface area (Å²) in [5.74, 6) is 0. The molecule has 7 heteroatoms. The molecule has 2 heterocycles. The van der Waals surface area contributed by atoms with Gasteiger partial charge in [0.1, 0.15) is 0 Å². The van der Waals surface area contributed by atoms with E-state index in [1.165, 1.54) is 11.5 Å². The van der Waals surface area contributed by atoms with Gasteiger partial charge in [-0.15, -0.1) is 10.2 Å². The quantitative estimate of drug-likeness (QED) is 0.856. The number of aryl methyl sites for hydroxylation is 2. The summed E-state index contributed by atoms with van der Waals surface area (Å²) in [6, 6.07) is 0. The van der Waals surface area contributed by atoms with Crippen LogP contribution in [0.3, 0.4) is 0 Å². The summed E-state index contributed by atoms with van der Waals surface area (Å²) < 4.78 is 5.52. The maximum absolute atomic E-state index is 10.1. The Morgan fingerprint density at radius 2 is 2.29 bits per heavy atom. The Morgan fingerprint density at radius 1 is 1.47 bits per heavy atom. The second-order valence-corrected chi connectivity index (χ2v) is 4.72. The maximum Gasteiger partial charge on any atom is 0.0973 e. The number of aliphatic hydroxyl groups is 1. The zero-order valence-electron chi connectivity index (χ0n) is 9.87. The minimum Gasteiger partial charge on any atom is -0.387 e. The van der Waals surface area contributed by atoms with Crippen molar-refractivity contribution in [2.24, 2.45) is 7.05 Å². The Balaban J connectivity index is 2.08. The lowest BCUT2D eigenvalue weighted by Gasteiger charge is -2.06. The molecule has 6 nitrogen and oxygen atoms in total. The molecule has 2 aromatic heterocycles. The lowest BCUT2D eigenvalue weighted by Crippen LogP contribution is -2.03. The molecule has 0 saturated heterocycles. The van der Waals surface area contributed by atoms with E-state index in [4.69, 9.17) is 0 Å². The molecule has 1 N–H and O–H groups in total. The van der Waals surface area contributed by atoms with Gasteiger partial charge < -0.3 is 5.11 Å². The van der Waals surface area contributed by atoms with Crippen LogP contribution in [0.5, 0.6) is 0 Å². The summed E-state index contributed by atoms with van der Waals surface area (Å²) >= 11 is 1.26. The van der Waals surface area contributed by atoms with Crippen molar-refractivity contribution in [2.45, 2.75) is 32.3 Å². The van der Waals surface area contributed by atoms with Crippen molar-refractivity contribution in [1.29, 1.82) is 0 Å². The number of aromatic nitrogens is 5. The second-order valence-electron chi connectivity index (χ2n) is 3.94. The van der Waals surface area contributed by atoms with E-state index >= 15 is 0 Å². The van der Waals surface area contributed by atoms with Crippen molar-refractivity contribution in [2.75, 3.05) is 0 Å². The molecule has 0 saturated carbocycles. The third kappa shape index (κ3) is 2.86.